The van der Waals surface area contributed by atoms with Crippen molar-refractivity contribution in [3.8, 4) is 0 Å². The molecule has 2 nitrogen and oxygen atoms in total. The van der Waals surface area contributed by atoms with Crippen LogP contribution in [-0.2, 0) is 0 Å². The zero-order chi connectivity index (χ0) is 15.2. The van der Waals surface area contributed by atoms with Crippen LogP contribution in [0.3, 0.4) is 0 Å². The molecule has 0 spiro atoms. The molecule has 0 radical (unpaired) electrons. The van der Waals surface area contributed by atoms with E-state index >= 15 is 0 Å². The van der Waals surface area contributed by atoms with Crippen molar-refractivity contribution in [3.05, 3.63) is 28.8 Å². The standard InChI is InChI=1S/C18H29ClN2/c1-4-10-20-15(3)16-7-8-18(17(19)13-16)21-11-5-6-14(2)9-12-21/h7-8,13-15,20H,4-6,9-12H2,1-3H3. The van der Waals surface area contributed by atoms with Gasteiger partial charge in [0.05, 0.1) is 10.7 Å². The second-order valence-corrected chi connectivity index (χ2v) is 6.82. The molecule has 0 aromatic heterocycles. The highest BCUT2D eigenvalue weighted by atomic mass is 35.5. The molecule has 0 amide bonds. The molecule has 118 valence electrons. The molecule has 1 saturated heterocycles. The van der Waals surface area contributed by atoms with Crippen LogP contribution >= 0.6 is 11.6 Å². The monoisotopic (exact) mass is 308 g/mol. The summed E-state index contributed by atoms with van der Waals surface area (Å²) in [6.07, 6.45) is 5.03. The van der Waals surface area contributed by atoms with Crippen molar-refractivity contribution in [2.75, 3.05) is 24.5 Å². The fraction of sp³-hybridized carbons (Fsp3) is 0.667. The molecule has 1 aliphatic rings. The summed E-state index contributed by atoms with van der Waals surface area (Å²) in [7, 11) is 0. The number of rotatable bonds is 5. The van der Waals surface area contributed by atoms with E-state index in [1.54, 1.807) is 0 Å². The van der Waals surface area contributed by atoms with Crippen molar-refractivity contribution in [1.82, 2.24) is 5.32 Å². The van der Waals surface area contributed by atoms with Gasteiger partial charge in [-0.3, -0.25) is 0 Å². The van der Waals surface area contributed by atoms with Crippen LogP contribution in [0.2, 0.25) is 5.02 Å². The van der Waals surface area contributed by atoms with Crippen LogP contribution in [0, 0.1) is 5.92 Å². The van der Waals surface area contributed by atoms with Gasteiger partial charge >= 0.3 is 0 Å². The normalized spacial score (nSPS) is 21.1. The van der Waals surface area contributed by atoms with Gasteiger partial charge in [-0.2, -0.15) is 0 Å². The molecule has 1 heterocycles. The minimum Gasteiger partial charge on any atom is -0.370 e. The molecule has 2 unspecified atom stereocenters. The van der Waals surface area contributed by atoms with Crippen LogP contribution in [0.15, 0.2) is 18.2 Å². The first-order chi connectivity index (χ1) is 10.1. The van der Waals surface area contributed by atoms with Crippen molar-refractivity contribution in [3.63, 3.8) is 0 Å². The lowest BCUT2D eigenvalue weighted by molar-refractivity contribution is 0.521. The van der Waals surface area contributed by atoms with Crippen molar-refractivity contribution >= 4 is 17.3 Å². The fourth-order valence-electron chi connectivity index (χ4n) is 3.03. The summed E-state index contributed by atoms with van der Waals surface area (Å²) < 4.78 is 0. The number of nitrogens with zero attached hydrogens (tertiary/aromatic N) is 1. The first-order valence-corrected chi connectivity index (χ1v) is 8.77. The van der Waals surface area contributed by atoms with Gasteiger partial charge in [0.25, 0.3) is 0 Å². The smallest absolute Gasteiger partial charge is 0.0642 e. The van der Waals surface area contributed by atoms with Crippen LogP contribution in [0.25, 0.3) is 0 Å². The van der Waals surface area contributed by atoms with Crippen molar-refractivity contribution in [1.29, 1.82) is 0 Å². The van der Waals surface area contributed by atoms with Gasteiger partial charge in [0, 0.05) is 19.1 Å². The summed E-state index contributed by atoms with van der Waals surface area (Å²) >= 11 is 6.56. The highest BCUT2D eigenvalue weighted by molar-refractivity contribution is 6.33. The van der Waals surface area contributed by atoms with E-state index in [2.05, 4.69) is 49.2 Å². The number of halogens is 1. The Morgan fingerprint density at radius 2 is 2.14 bits per heavy atom. The van der Waals surface area contributed by atoms with Gasteiger partial charge in [-0.25, -0.2) is 0 Å². The molecule has 3 heteroatoms. The summed E-state index contributed by atoms with van der Waals surface area (Å²) in [5.41, 5.74) is 2.48. The maximum atomic E-state index is 6.56. The third-order valence-electron chi connectivity index (χ3n) is 4.53. The second-order valence-electron chi connectivity index (χ2n) is 6.41. The Morgan fingerprint density at radius 3 is 2.86 bits per heavy atom. The molecule has 1 aliphatic heterocycles. The van der Waals surface area contributed by atoms with E-state index in [1.165, 1.54) is 30.5 Å². The van der Waals surface area contributed by atoms with Crippen LogP contribution in [0.5, 0.6) is 0 Å². The fourth-order valence-corrected chi connectivity index (χ4v) is 3.34. The average molecular weight is 309 g/mol. The molecule has 21 heavy (non-hydrogen) atoms. The number of benzene rings is 1. The SMILES string of the molecule is CCCNC(C)c1ccc(N2CCCC(C)CC2)c(Cl)c1. The van der Waals surface area contributed by atoms with E-state index in [0.717, 1.165) is 37.0 Å². The van der Waals surface area contributed by atoms with Crippen LogP contribution in [-0.4, -0.2) is 19.6 Å². The summed E-state index contributed by atoms with van der Waals surface area (Å²) in [5, 5.41) is 4.41. The Labute approximate surface area is 134 Å². The van der Waals surface area contributed by atoms with Gasteiger partial charge in [-0.1, -0.05) is 31.5 Å². The molecule has 1 aromatic rings. The predicted molar refractivity (Wildman–Crippen MR) is 93.4 cm³/mol. The van der Waals surface area contributed by atoms with Gasteiger partial charge in [-0.05, 0) is 62.8 Å². The lowest BCUT2D eigenvalue weighted by Crippen LogP contribution is -2.25. The van der Waals surface area contributed by atoms with E-state index in [4.69, 9.17) is 11.6 Å². The van der Waals surface area contributed by atoms with E-state index in [9.17, 15) is 0 Å². The van der Waals surface area contributed by atoms with E-state index in [1.807, 2.05) is 0 Å². The molecule has 0 saturated carbocycles. The van der Waals surface area contributed by atoms with Gasteiger partial charge in [-0.15, -0.1) is 0 Å². The molecular weight excluding hydrogens is 280 g/mol. The van der Waals surface area contributed by atoms with E-state index in [0.29, 0.717) is 6.04 Å². The second kappa shape index (κ2) is 8.05. The quantitative estimate of drug-likeness (QED) is 0.821. The molecule has 1 N–H and O–H groups in total. The van der Waals surface area contributed by atoms with Gasteiger partial charge in [0.1, 0.15) is 0 Å². The predicted octanol–water partition coefficient (Wildman–Crippen LogP) is 5.03. The zero-order valence-corrected chi connectivity index (χ0v) is 14.4. The Morgan fingerprint density at radius 1 is 1.33 bits per heavy atom. The summed E-state index contributed by atoms with van der Waals surface area (Å²) in [6.45, 7) is 10.1. The Balaban J connectivity index is 2.08. The molecule has 1 fully saturated rings. The minimum absolute atomic E-state index is 0.362. The largest absolute Gasteiger partial charge is 0.370 e. The molecule has 2 atom stereocenters. The van der Waals surface area contributed by atoms with Gasteiger partial charge in [0.2, 0.25) is 0 Å². The Bertz CT molecular complexity index is 447. The van der Waals surface area contributed by atoms with Gasteiger partial charge < -0.3 is 10.2 Å². The average Bonchev–Trinajstić information content (AvgIpc) is 2.69. The van der Waals surface area contributed by atoms with Crippen molar-refractivity contribution in [2.24, 2.45) is 5.92 Å². The third kappa shape index (κ3) is 4.62. The third-order valence-corrected chi connectivity index (χ3v) is 4.83. The molecular formula is C18H29ClN2. The van der Waals surface area contributed by atoms with Crippen LogP contribution in [0.4, 0.5) is 5.69 Å². The van der Waals surface area contributed by atoms with E-state index < -0.39 is 0 Å². The first-order valence-electron chi connectivity index (χ1n) is 8.39. The molecule has 0 bridgehead atoms. The maximum Gasteiger partial charge on any atom is 0.0642 e. The zero-order valence-electron chi connectivity index (χ0n) is 13.7. The Hall–Kier alpha value is -0.730. The minimum atomic E-state index is 0.362. The van der Waals surface area contributed by atoms with Crippen LogP contribution < -0.4 is 10.2 Å². The lowest BCUT2D eigenvalue weighted by Gasteiger charge is -2.25. The highest BCUT2D eigenvalue weighted by Crippen LogP contribution is 2.31. The first kappa shape index (κ1) is 16.6. The number of anilines is 1. The van der Waals surface area contributed by atoms with Crippen molar-refractivity contribution < 1.29 is 0 Å². The molecule has 0 aliphatic carbocycles. The number of nitrogens with one attached hydrogen (secondary N) is 1. The maximum absolute atomic E-state index is 6.56. The topological polar surface area (TPSA) is 15.3 Å². The summed E-state index contributed by atoms with van der Waals surface area (Å²) in [5.74, 6) is 0.839. The van der Waals surface area contributed by atoms with E-state index in [-0.39, 0.29) is 0 Å². The van der Waals surface area contributed by atoms with Crippen molar-refractivity contribution in [2.45, 2.75) is 52.5 Å². The number of hydrogen-bond acceptors (Lipinski definition) is 2. The summed E-state index contributed by atoms with van der Waals surface area (Å²) in [4.78, 5) is 2.46. The van der Waals surface area contributed by atoms with Gasteiger partial charge in [0.15, 0.2) is 0 Å². The molecule has 2 rings (SSSR count). The molecule has 1 aromatic carbocycles. The Kier molecular flexibility index (Phi) is 6.38. The van der Waals surface area contributed by atoms with Crippen LogP contribution in [0.1, 0.15) is 58.1 Å². The lowest BCUT2D eigenvalue weighted by atomic mass is 10.0. The summed E-state index contributed by atoms with van der Waals surface area (Å²) in [6, 6.07) is 6.93. The number of hydrogen-bond donors (Lipinski definition) is 1. The highest BCUT2D eigenvalue weighted by Gasteiger charge is 2.17.